The van der Waals surface area contributed by atoms with Gasteiger partial charge in [0.2, 0.25) is 5.91 Å². The minimum atomic E-state index is -1.07. The van der Waals surface area contributed by atoms with Gasteiger partial charge >= 0.3 is 5.97 Å². The molecule has 0 rings (SSSR count). The van der Waals surface area contributed by atoms with Gasteiger partial charge < -0.3 is 15.2 Å². The predicted molar refractivity (Wildman–Crippen MR) is 46.3 cm³/mol. The van der Waals surface area contributed by atoms with Gasteiger partial charge in [-0.15, -0.1) is 0 Å². The van der Waals surface area contributed by atoms with Crippen molar-refractivity contribution in [3.8, 4) is 0 Å². The van der Waals surface area contributed by atoms with Crippen molar-refractivity contribution >= 4 is 11.9 Å². The fraction of sp³-hybridized carbons (Fsp3) is 0.750. The first-order valence-electron chi connectivity index (χ1n) is 4.15. The van der Waals surface area contributed by atoms with Crippen molar-refractivity contribution in [2.24, 2.45) is 0 Å². The largest absolute Gasteiger partial charge is 0.479 e. The van der Waals surface area contributed by atoms with Gasteiger partial charge in [-0.05, 0) is 20.8 Å². The van der Waals surface area contributed by atoms with E-state index in [1.54, 1.807) is 6.92 Å². The molecule has 1 unspecified atom stereocenters. The first-order chi connectivity index (χ1) is 5.99. The van der Waals surface area contributed by atoms with E-state index in [9.17, 15) is 9.59 Å². The van der Waals surface area contributed by atoms with Gasteiger partial charge in [-0.2, -0.15) is 0 Å². The van der Waals surface area contributed by atoms with Gasteiger partial charge in [0, 0.05) is 6.54 Å². The molecule has 0 saturated heterocycles. The maximum Gasteiger partial charge on any atom is 0.332 e. The van der Waals surface area contributed by atoms with E-state index in [2.05, 4.69) is 5.32 Å². The first-order valence-corrected chi connectivity index (χ1v) is 4.15. The highest BCUT2D eigenvalue weighted by atomic mass is 16.5. The van der Waals surface area contributed by atoms with Gasteiger partial charge in [-0.25, -0.2) is 4.79 Å². The third-order valence-electron chi connectivity index (χ3n) is 1.48. The Morgan fingerprint density at radius 3 is 2.31 bits per heavy atom. The SMILES string of the molecule is CCNC(=O)C(C)O[C@@H](C)C(=O)O. The van der Waals surface area contributed by atoms with Crippen LogP contribution in [0.15, 0.2) is 0 Å². The molecule has 0 aromatic rings. The van der Waals surface area contributed by atoms with E-state index in [0.29, 0.717) is 6.54 Å². The Morgan fingerprint density at radius 1 is 1.38 bits per heavy atom. The van der Waals surface area contributed by atoms with E-state index in [1.165, 1.54) is 13.8 Å². The molecule has 0 aliphatic heterocycles. The molecule has 0 aromatic carbocycles. The molecule has 76 valence electrons. The molecule has 2 N–H and O–H groups in total. The smallest absolute Gasteiger partial charge is 0.332 e. The summed E-state index contributed by atoms with van der Waals surface area (Å²) >= 11 is 0. The first kappa shape index (κ1) is 11.9. The van der Waals surface area contributed by atoms with Crippen LogP contribution >= 0.6 is 0 Å². The van der Waals surface area contributed by atoms with E-state index in [-0.39, 0.29) is 5.91 Å². The lowest BCUT2D eigenvalue weighted by molar-refractivity contribution is -0.155. The van der Waals surface area contributed by atoms with E-state index < -0.39 is 18.2 Å². The second-order valence-corrected chi connectivity index (χ2v) is 2.65. The second-order valence-electron chi connectivity index (χ2n) is 2.65. The Bertz CT molecular complexity index is 193. The molecular weight excluding hydrogens is 174 g/mol. The number of ether oxygens (including phenoxy) is 1. The van der Waals surface area contributed by atoms with Crippen LogP contribution in [0.4, 0.5) is 0 Å². The molecule has 0 spiro atoms. The number of hydrogen-bond donors (Lipinski definition) is 2. The lowest BCUT2D eigenvalue weighted by atomic mass is 10.3. The number of hydrogen-bond acceptors (Lipinski definition) is 3. The summed E-state index contributed by atoms with van der Waals surface area (Å²) in [7, 11) is 0. The number of likely N-dealkylation sites (N-methyl/N-ethyl adjacent to an activating group) is 1. The fourth-order valence-electron chi connectivity index (χ4n) is 0.744. The van der Waals surface area contributed by atoms with Crippen LogP contribution in [0.3, 0.4) is 0 Å². The van der Waals surface area contributed by atoms with Gasteiger partial charge in [0.15, 0.2) is 6.10 Å². The average molecular weight is 189 g/mol. The van der Waals surface area contributed by atoms with Crippen LogP contribution in [0.25, 0.3) is 0 Å². The summed E-state index contributed by atoms with van der Waals surface area (Å²) in [5.74, 6) is -1.37. The van der Waals surface area contributed by atoms with Crippen molar-refractivity contribution in [1.82, 2.24) is 5.32 Å². The zero-order valence-electron chi connectivity index (χ0n) is 8.03. The molecule has 0 saturated carbocycles. The summed E-state index contributed by atoms with van der Waals surface area (Å²) < 4.78 is 4.91. The zero-order chi connectivity index (χ0) is 10.4. The van der Waals surface area contributed by atoms with Gasteiger partial charge in [0.1, 0.15) is 6.10 Å². The maximum absolute atomic E-state index is 11.1. The van der Waals surface area contributed by atoms with Crippen molar-refractivity contribution in [3.63, 3.8) is 0 Å². The number of aliphatic carboxylic acids is 1. The monoisotopic (exact) mass is 189 g/mol. The van der Waals surface area contributed by atoms with E-state index in [1.807, 2.05) is 0 Å². The number of carboxylic acids is 1. The second kappa shape index (κ2) is 5.53. The maximum atomic E-state index is 11.1. The van der Waals surface area contributed by atoms with Crippen molar-refractivity contribution in [2.75, 3.05) is 6.54 Å². The zero-order valence-corrected chi connectivity index (χ0v) is 8.03. The summed E-state index contributed by atoms with van der Waals surface area (Å²) in [4.78, 5) is 21.4. The van der Waals surface area contributed by atoms with E-state index >= 15 is 0 Å². The summed E-state index contributed by atoms with van der Waals surface area (Å²) in [6, 6.07) is 0. The Labute approximate surface area is 77.1 Å². The van der Waals surface area contributed by atoms with Gasteiger partial charge in [-0.1, -0.05) is 0 Å². The van der Waals surface area contributed by atoms with Crippen LogP contribution < -0.4 is 5.32 Å². The number of carbonyl (C=O) groups excluding carboxylic acids is 1. The van der Waals surface area contributed by atoms with Crippen molar-refractivity contribution in [2.45, 2.75) is 33.0 Å². The normalized spacial score (nSPS) is 14.7. The Morgan fingerprint density at radius 2 is 1.92 bits per heavy atom. The minimum Gasteiger partial charge on any atom is -0.479 e. The van der Waals surface area contributed by atoms with Crippen LogP contribution in [0, 0.1) is 0 Å². The van der Waals surface area contributed by atoms with Crippen LogP contribution in [0.2, 0.25) is 0 Å². The fourth-order valence-corrected chi connectivity index (χ4v) is 0.744. The highest BCUT2D eigenvalue weighted by Crippen LogP contribution is 1.98. The molecule has 0 bridgehead atoms. The van der Waals surface area contributed by atoms with E-state index in [4.69, 9.17) is 9.84 Å². The highest BCUT2D eigenvalue weighted by Gasteiger charge is 2.19. The van der Waals surface area contributed by atoms with Crippen molar-refractivity contribution in [1.29, 1.82) is 0 Å². The third kappa shape index (κ3) is 4.47. The Balaban J connectivity index is 3.92. The van der Waals surface area contributed by atoms with E-state index in [0.717, 1.165) is 0 Å². The average Bonchev–Trinajstić information content (AvgIpc) is 2.04. The molecule has 0 heterocycles. The van der Waals surface area contributed by atoms with Gasteiger partial charge in [0.05, 0.1) is 0 Å². The molecular formula is C8H15NO4. The molecule has 0 aliphatic rings. The molecule has 0 aliphatic carbocycles. The molecule has 5 nitrogen and oxygen atoms in total. The molecule has 2 atom stereocenters. The standard InChI is InChI=1S/C8H15NO4/c1-4-9-7(10)5(2)13-6(3)8(11)12/h5-6H,4H2,1-3H3,(H,9,10)(H,11,12)/t5?,6-/m0/s1. The topological polar surface area (TPSA) is 75.6 Å². The number of carboxylic acid groups (broad SMARTS) is 1. The Kier molecular flexibility index (Phi) is 5.06. The van der Waals surface area contributed by atoms with Crippen LogP contribution in [0.5, 0.6) is 0 Å². The molecule has 5 heteroatoms. The Hall–Kier alpha value is -1.10. The molecule has 0 fully saturated rings. The van der Waals surface area contributed by atoms with Crippen LogP contribution in [-0.2, 0) is 14.3 Å². The van der Waals surface area contributed by atoms with Crippen molar-refractivity contribution in [3.05, 3.63) is 0 Å². The molecule has 0 radical (unpaired) electrons. The number of amides is 1. The number of nitrogens with one attached hydrogen (secondary N) is 1. The summed E-state index contributed by atoms with van der Waals surface area (Å²) in [5.41, 5.74) is 0. The lowest BCUT2D eigenvalue weighted by Crippen LogP contribution is -2.37. The highest BCUT2D eigenvalue weighted by molar-refractivity contribution is 5.81. The third-order valence-corrected chi connectivity index (χ3v) is 1.48. The van der Waals surface area contributed by atoms with Crippen molar-refractivity contribution < 1.29 is 19.4 Å². The van der Waals surface area contributed by atoms with Gasteiger partial charge in [0.25, 0.3) is 0 Å². The lowest BCUT2D eigenvalue weighted by Gasteiger charge is -2.15. The summed E-state index contributed by atoms with van der Waals surface area (Å²) in [6.45, 7) is 5.20. The molecule has 0 aromatic heterocycles. The summed E-state index contributed by atoms with van der Waals surface area (Å²) in [6.07, 6.45) is -1.69. The van der Waals surface area contributed by atoms with Crippen LogP contribution in [0.1, 0.15) is 20.8 Å². The quantitative estimate of drug-likeness (QED) is 0.638. The van der Waals surface area contributed by atoms with Gasteiger partial charge in [-0.3, -0.25) is 4.79 Å². The molecule has 1 amide bonds. The number of carbonyl (C=O) groups is 2. The van der Waals surface area contributed by atoms with Crippen LogP contribution in [-0.4, -0.2) is 35.7 Å². The minimum absolute atomic E-state index is 0.296. The number of rotatable bonds is 5. The predicted octanol–water partition coefficient (Wildman–Crippen LogP) is 0.000700. The summed E-state index contributed by atoms with van der Waals surface area (Å²) in [5, 5.41) is 11.0. The molecule has 13 heavy (non-hydrogen) atoms.